The van der Waals surface area contributed by atoms with Crippen LogP contribution in [0.3, 0.4) is 0 Å². The molecule has 0 amide bonds. The highest BCUT2D eigenvalue weighted by Gasteiger charge is 2.31. The first-order valence-electron chi connectivity index (χ1n) is 7.71. The topological polar surface area (TPSA) is 58.0 Å². The third kappa shape index (κ3) is 3.74. The van der Waals surface area contributed by atoms with Crippen LogP contribution in [0.2, 0.25) is 0 Å². The second kappa shape index (κ2) is 6.97. The molecule has 0 aliphatic heterocycles. The average molecular weight is 367 g/mol. The Labute approximate surface area is 146 Å². The zero-order valence-corrected chi connectivity index (χ0v) is 14.2. The second-order valence-corrected chi connectivity index (χ2v) is 6.38. The van der Waals surface area contributed by atoms with Crippen LogP contribution in [0.1, 0.15) is 29.9 Å². The fourth-order valence-corrected chi connectivity index (χ4v) is 3.28. The molecule has 0 aliphatic rings. The Morgan fingerprint density at radius 2 is 2.04 bits per heavy atom. The summed E-state index contributed by atoms with van der Waals surface area (Å²) in [5, 5.41) is 15.4. The molecule has 0 saturated heterocycles. The fourth-order valence-electron chi connectivity index (χ4n) is 2.50. The number of aryl methyl sites for hydroxylation is 1. The molecule has 8 heteroatoms. The van der Waals surface area contributed by atoms with Gasteiger partial charge < -0.3 is 10.4 Å². The molecule has 0 radical (unpaired) electrons. The van der Waals surface area contributed by atoms with Crippen molar-refractivity contribution in [2.45, 2.75) is 25.6 Å². The van der Waals surface area contributed by atoms with E-state index < -0.39 is 17.8 Å². The van der Waals surface area contributed by atoms with Crippen LogP contribution in [0.15, 0.2) is 35.7 Å². The summed E-state index contributed by atoms with van der Waals surface area (Å²) < 4.78 is 38.8. The molecule has 0 fully saturated rings. The zero-order chi connectivity index (χ0) is 18.0. The quantitative estimate of drug-likeness (QED) is 0.701. The van der Waals surface area contributed by atoms with Crippen LogP contribution in [0.4, 0.5) is 19.0 Å². The van der Waals surface area contributed by atoms with Crippen LogP contribution >= 0.6 is 11.3 Å². The van der Waals surface area contributed by atoms with Crippen LogP contribution < -0.4 is 5.32 Å². The Kier molecular flexibility index (Phi) is 4.91. The number of aromatic nitrogens is 2. The van der Waals surface area contributed by atoms with E-state index in [1.54, 1.807) is 6.07 Å². The average Bonchev–Trinajstić information content (AvgIpc) is 3.07. The van der Waals surface area contributed by atoms with Crippen molar-refractivity contribution in [3.05, 3.63) is 52.7 Å². The lowest BCUT2D eigenvalue weighted by Gasteiger charge is -2.19. The number of nitrogens with zero attached hydrogens (tertiary/aromatic N) is 2. The minimum absolute atomic E-state index is 0.345. The van der Waals surface area contributed by atoms with Crippen LogP contribution in [0, 0.1) is 0 Å². The maximum Gasteiger partial charge on any atom is 0.416 e. The Bertz CT molecular complexity index is 879. The van der Waals surface area contributed by atoms with Gasteiger partial charge in [-0.25, -0.2) is 9.97 Å². The van der Waals surface area contributed by atoms with Gasteiger partial charge in [-0.3, -0.25) is 0 Å². The first kappa shape index (κ1) is 17.6. The molecule has 132 valence electrons. The smallest absolute Gasteiger partial charge is 0.394 e. The van der Waals surface area contributed by atoms with Gasteiger partial charge in [0.2, 0.25) is 0 Å². The maximum atomic E-state index is 12.9. The summed E-state index contributed by atoms with van der Waals surface area (Å²) in [5.41, 5.74) is -0.403. The molecule has 3 aromatic rings. The SMILES string of the molecule is CCc1nc(NC(CO)c2cccc(C(F)(F)F)c2)c2ccsc2n1. The summed E-state index contributed by atoms with van der Waals surface area (Å²) in [4.78, 5) is 9.65. The molecule has 2 N–H and O–H groups in total. The number of halogens is 3. The number of fused-ring (bicyclic) bond motifs is 1. The van der Waals surface area contributed by atoms with Crippen LogP contribution in [-0.2, 0) is 12.6 Å². The van der Waals surface area contributed by atoms with Gasteiger partial charge in [0.1, 0.15) is 16.5 Å². The number of benzene rings is 1. The predicted molar refractivity (Wildman–Crippen MR) is 91.7 cm³/mol. The molecule has 3 rings (SSSR count). The standard InChI is InChI=1S/C17H16F3N3OS/c1-2-14-22-15(12-6-7-25-16(12)23-14)21-13(9-24)10-4-3-5-11(8-10)17(18,19)20/h3-8,13,24H,2,9H2,1H3,(H,21,22,23). The molecule has 0 bridgehead atoms. The van der Waals surface area contributed by atoms with Gasteiger partial charge in [-0.05, 0) is 29.1 Å². The third-order valence-electron chi connectivity index (χ3n) is 3.80. The lowest BCUT2D eigenvalue weighted by Crippen LogP contribution is -2.17. The summed E-state index contributed by atoms with van der Waals surface area (Å²) in [6, 6.07) is 6.08. The number of nitrogens with one attached hydrogen (secondary N) is 1. The second-order valence-electron chi connectivity index (χ2n) is 5.48. The largest absolute Gasteiger partial charge is 0.416 e. The van der Waals surface area contributed by atoms with E-state index in [0.29, 0.717) is 23.6 Å². The molecule has 1 unspecified atom stereocenters. The van der Waals surface area contributed by atoms with Crippen molar-refractivity contribution in [1.82, 2.24) is 9.97 Å². The molecule has 2 aromatic heterocycles. The van der Waals surface area contributed by atoms with Gasteiger partial charge in [-0.2, -0.15) is 13.2 Å². The fraction of sp³-hybridized carbons (Fsp3) is 0.294. The van der Waals surface area contributed by atoms with Gasteiger partial charge in [0.25, 0.3) is 0 Å². The van der Waals surface area contributed by atoms with E-state index >= 15 is 0 Å². The van der Waals surface area contributed by atoms with E-state index in [-0.39, 0.29) is 6.61 Å². The Morgan fingerprint density at radius 3 is 2.72 bits per heavy atom. The molecule has 2 heterocycles. The first-order chi connectivity index (χ1) is 11.9. The van der Waals surface area contributed by atoms with E-state index in [2.05, 4.69) is 15.3 Å². The number of aliphatic hydroxyl groups is 1. The van der Waals surface area contributed by atoms with Crippen molar-refractivity contribution >= 4 is 27.4 Å². The van der Waals surface area contributed by atoms with Crippen molar-refractivity contribution in [2.24, 2.45) is 0 Å². The zero-order valence-electron chi connectivity index (χ0n) is 13.3. The van der Waals surface area contributed by atoms with Gasteiger partial charge in [0, 0.05) is 6.42 Å². The van der Waals surface area contributed by atoms with Gasteiger partial charge in [0.05, 0.1) is 23.6 Å². The number of rotatable bonds is 5. The van der Waals surface area contributed by atoms with Gasteiger partial charge in [-0.15, -0.1) is 11.3 Å². The maximum absolute atomic E-state index is 12.9. The van der Waals surface area contributed by atoms with E-state index in [4.69, 9.17) is 0 Å². The molecule has 4 nitrogen and oxygen atoms in total. The lowest BCUT2D eigenvalue weighted by molar-refractivity contribution is -0.137. The minimum atomic E-state index is -4.43. The predicted octanol–water partition coefficient (Wildman–Crippen LogP) is 4.42. The van der Waals surface area contributed by atoms with Crippen molar-refractivity contribution in [3.63, 3.8) is 0 Å². The first-order valence-corrected chi connectivity index (χ1v) is 8.59. The van der Waals surface area contributed by atoms with Crippen molar-refractivity contribution in [1.29, 1.82) is 0 Å². The lowest BCUT2D eigenvalue weighted by atomic mass is 10.0. The van der Waals surface area contributed by atoms with Crippen molar-refractivity contribution in [3.8, 4) is 0 Å². The van der Waals surface area contributed by atoms with E-state index in [0.717, 1.165) is 22.3 Å². The molecular formula is C17H16F3N3OS. The van der Waals surface area contributed by atoms with Gasteiger partial charge in [0.15, 0.2) is 0 Å². The number of hydrogen-bond acceptors (Lipinski definition) is 5. The molecule has 0 saturated carbocycles. The Balaban J connectivity index is 1.97. The Hall–Kier alpha value is -2.19. The number of hydrogen-bond donors (Lipinski definition) is 2. The normalized spacial score (nSPS) is 13.2. The molecule has 1 atom stereocenters. The molecular weight excluding hydrogens is 351 g/mol. The third-order valence-corrected chi connectivity index (χ3v) is 4.60. The summed E-state index contributed by atoms with van der Waals surface area (Å²) in [6.45, 7) is 1.56. The van der Waals surface area contributed by atoms with Gasteiger partial charge in [-0.1, -0.05) is 19.1 Å². The highest BCUT2D eigenvalue weighted by molar-refractivity contribution is 7.16. The van der Waals surface area contributed by atoms with Crippen LogP contribution in [0.5, 0.6) is 0 Å². The van der Waals surface area contributed by atoms with E-state index in [9.17, 15) is 18.3 Å². The van der Waals surface area contributed by atoms with Crippen LogP contribution in [-0.4, -0.2) is 21.7 Å². The molecule has 0 spiro atoms. The summed E-state index contributed by atoms with van der Waals surface area (Å²) in [5.74, 6) is 1.15. The molecule has 0 aliphatic carbocycles. The molecule has 25 heavy (non-hydrogen) atoms. The number of anilines is 1. The number of alkyl halides is 3. The van der Waals surface area contributed by atoms with Gasteiger partial charge >= 0.3 is 6.18 Å². The van der Waals surface area contributed by atoms with E-state index in [1.807, 2.05) is 18.4 Å². The van der Waals surface area contributed by atoms with Crippen molar-refractivity contribution in [2.75, 3.05) is 11.9 Å². The highest BCUT2D eigenvalue weighted by atomic mass is 32.1. The number of thiophene rings is 1. The summed E-state index contributed by atoms with van der Waals surface area (Å²) in [7, 11) is 0. The monoisotopic (exact) mass is 367 g/mol. The minimum Gasteiger partial charge on any atom is -0.394 e. The Morgan fingerprint density at radius 1 is 1.24 bits per heavy atom. The van der Waals surface area contributed by atoms with Crippen LogP contribution in [0.25, 0.3) is 10.2 Å². The highest BCUT2D eigenvalue weighted by Crippen LogP contribution is 2.32. The summed E-state index contributed by atoms with van der Waals surface area (Å²) in [6.07, 6.45) is -3.79. The molecule has 1 aromatic carbocycles. The van der Waals surface area contributed by atoms with E-state index in [1.165, 1.54) is 17.4 Å². The summed E-state index contributed by atoms with van der Waals surface area (Å²) >= 11 is 1.46. The van der Waals surface area contributed by atoms with Crippen molar-refractivity contribution < 1.29 is 18.3 Å². The number of aliphatic hydroxyl groups excluding tert-OH is 1.